The third-order valence-electron chi connectivity index (χ3n) is 6.37. The van der Waals surface area contributed by atoms with E-state index < -0.39 is 0 Å². The van der Waals surface area contributed by atoms with Crippen LogP contribution in [0.15, 0.2) is 59.6 Å². The van der Waals surface area contributed by atoms with Crippen LogP contribution in [0, 0.1) is 5.92 Å². The molecule has 1 unspecified atom stereocenters. The second-order valence-electron chi connectivity index (χ2n) is 8.73. The summed E-state index contributed by atoms with van der Waals surface area (Å²) in [5, 5.41) is 6.79. The largest absolute Gasteiger partial charge is 0.356 e. The zero-order valence-electron chi connectivity index (χ0n) is 20.4. The van der Waals surface area contributed by atoms with Crippen molar-refractivity contribution in [3.05, 3.63) is 71.3 Å². The first-order chi connectivity index (χ1) is 16.1. The summed E-state index contributed by atoms with van der Waals surface area (Å²) in [5.41, 5.74) is 3.84. The van der Waals surface area contributed by atoms with Gasteiger partial charge in [-0.25, -0.2) is 0 Å². The van der Waals surface area contributed by atoms with Crippen molar-refractivity contribution in [3.8, 4) is 0 Å². The van der Waals surface area contributed by atoms with Crippen LogP contribution < -0.4 is 10.6 Å². The van der Waals surface area contributed by atoms with Crippen LogP contribution >= 0.6 is 0 Å². The Morgan fingerprint density at radius 2 is 1.70 bits per heavy atom. The fraction of sp³-hybridized carbons (Fsp3) is 0.481. The van der Waals surface area contributed by atoms with Gasteiger partial charge >= 0.3 is 0 Å². The second kappa shape index (κ2) is 13.0. The van der Waals surface area contributed by atoms with Gasteiger partial charge < -0.3 is 15.5 Å². The first-order valence-electron chi connectivity index (χ1n) is 12.2. The summed E-state index contributed by atoms with van der Waals surface area (Å²) in [7, 11) is 1.79. The first-order valence-corrected chi connectivity index (χ1v) is 12.2. The fourth-order valence-electron chi connectivity index (χ4n) is 4.23. The molecule has 178 valence electrons. The minimum absolute atomic E-state index is 0.255. The lowest BCUT2D eigenvalue weighted by Crippen LogP contribution is -2.40. The summed E-state index contributed by atoms with van der Waals surface area (Å²) in [5.74, 6) is 1.34. The molecule has 1 fully saturated rings. The third-order valence-corrected chi connectivity index (χ3v) is 6.37. The molecule has 0 spiro atoms. The van der Waals surface area contributed by atoms with E-state index in [9.17, 15) is 4.79 Å². The second-order valence-corrected chi connectivity index (χ2v) is 8.73. The first kappa shape index (κ1) is 24.8. The molecule has 2 aromatic carbocycles. The van der Waals surface area contributed by atoms with E-state index in [4.69, 9.17) is 0 Å². The van der Waals surface area contributed by atoms with Gasteiger partial charge in [0.2, 0.25) is 5.91 Å². The SMILES string of the molecule is CCN(CC)Cc1ccc(CNC(=NC)NCC2CC(=O)N(CCc3ccccc3)C2)cc1. The molecule has 3 rings (SSSR count). The number of amides is 1. The predicted molar refractivity (Wildman–Crippen MR) is 136 cm³/mol. The number of nitrogens with zero attached hydrogens (tertiary/aromatic N) is 3. The molecule has 1 aliphatic rings. The molecule has 2 N–H and O–H groups in total. The molecular weight excluding hydrogens is 410 g/mol. The Morgan fingerprint density at radius 1 is 1.00 bits per heavy atom. The lowest BCUT2D eigenvalue weighted by molar-refractivity contribution is -0.127. The van der Waals surface area contributed by atoms with Crippen molar-refractivity contribution < 1.29 is 4.79 Å². The lowest BCUT2D eigenvalue weighted by atomic mass is 10.1. The summed E-state index contributed by atoms with van der Waals surface area (Å²) in [6.45, 7) is 10.6. The number of carbonyl (C=O) groups excluding carboxylic acids is 1. The third kappa shape index (κ3) is 7.90. The number of hydrogen-bond acceptors (Lipinski definition) is 3. The quantitative estimate of drug-likeness (QED) is 0.408. The highest BCUT2D eigenvalue weighted by atomic mass is 16.2. The van der Waals surface area contributed by atoms with Crippen LogP contribution in [0.2, 0.25) is 0 Å². The summed E-state index contributed by atoms with van der Waals surface area (Å²) < 4.78 is 0. The maximum atomic E-state index is 12.4. The summed E-state index contributed by atoms with van der Waals surface area (Å²) in [6.07, 6.45) is 1.51. The Morgan fingerprint density at radius 3 is 2.36 bits per heavy atom. The van der Waals surface area contributed by atoms with E-state index >= 15 is 0 Å². The van der Waals surface area contributed by atoms with Gasteiger partial charge in [-0.1, -0.05) is 68.4 Å². The number of likely N-dealkylation sites (tertiary alicyclic amines) is 1. The molecule has 0 saturated carbocycles. The predicted octanol–water partition coefficient (Wildman–Crippen LogP) is 3.28. The maximum absolute atomic E-state index is 12.4. The van der Waals surface area contributed by atoms with E-state index in [-0.39, 0.29) is 5.91 Å². The lowest BCUT2D eigenvalue weighted by Gasteiger charge is -2.18. The molecule has 0 bridgehead atoms. The molecule has 6 nitrogen and oxygen atoms in total. The molecule has 0 aromatic heterocycles. The molecule has 2 aromatic rings. The van der Waals surface area contributed by atoms with E-state index in [1.54, 1.807) is 7.05 Å². The number of guanidine groups is 1. The van der Waals surface area contributed by atoms with Crippen LogP contribution in [-0.4, -0.2) is 61.4 Å². The van der Waals surface area contributed by atoms with Gasteiger partial charge in [0.25, 0.3) is 0 Å². The topological polar surface area (TPSA) is 60.0 Å². The van der Waals surface area contributed by atoms with Gasteiger partial charge in [-0.05, 0) is 36.2 Å². The van der Waals surface area contributed by atoms with Gasteiger partial charge in [0.15, 0.2) is 5.96 Å². The van der Waals surface area contributed by atoms with Gasteiger partial charge in [-0.15, -0.1) is 0 Å². The van der Waals surface area contributed by atoms with E-state index in [1.165, 1.54) is 16.7 Å². The highest BCUT2D eigenvalue weighted by molar-refractivity contribution is 5.80. The maximum Gasteiger partial charge on any atom is 0.223 e. The minimum Gasteiger partial charge on any atom is -0.356 e. The Bertz CT molecular complexity index is 877. The number of aliphatic imine (C=N–C) groups is 1. The van der Waals surface area contributed by atoms with Gasteiger partial charge in [0.05, 0.1) is 0 Å². The smallest absolute Gasteiger partial charge is 0.223 e. The van der Waals surface area contributed by atoms with Gasteiger partial charge in [-0.3, -0.25) is 14.7 Å². The van der Waals surface area contributed by atoms with Crippen LogP contribution in [0.4, 0.5) is 0 Å². The Labute approximate surface area is 199 Å². The van der Waals surface area contributed by atoms with Crippen molar-refractivity contribution in [2.45, 2.75) is 39.8 Å². The van der Waals surface area contributed by atoms with Crippen molar-refractivity contribution in [3.63, 3.8) is 0 Å². The van der Waals surface area contributed by atoms with Gasteiger partial charge in [0.1, 0.15) is 0 Å². The van der Waals surface area contributed by atoms with Crippen LogP contribution in [0.5, 0.6) is 0 Å². The number of rotatable bonds is 11. The zero-order valence-corrected chi connectivity index (χ0v) is 20.4. The highest BCUT2D eigenvalue weighted by Crippen LogP contribution is 2.17. The molecule has 1 aliphatic heterocycles. The fourth-order valence-corrected chi connectivity index (χ4v) is 4.23. The van der Waals surface area contributed by atoms with Crippen LogP contribution in [0.25, 0.3) is 0 Å². The van der Waals surface area contributed by atoms with E-state index in [1.807, 2.05) is 23.1 Å². The van der Waals surface area contributed by atoms with Gasteiger partial charge in [-0.2, -0.15) is 0 Å². The Hall–Kier alpha value is -2.86. The molecule has 1 atom stereocenters. The average Bonchev–Trinajstić information content (AvgIpc) is 3.22. The standard InChI is InChI=1S/C27H39N5O/c1-4-31(5-2)20-24-13-11-23(12-14-24)18-29-27(28-3)30-19-25-17-26(33)32(21-25)16-15-22-9-7-6-8-10-22/h6-14,25H,4-5,15-21H2,1-3H3,(H2,28,29,30). The molecule has 0 radical (unpaired) electrons. The molecule has 1 heterocycles. The Kier molecular flexibility index (Phi) is 9.76. The van der Waals surface area contributed by atoms with Crippen molar-refractivity contribution in [1.82, 2.24) is 20.4 Å². The summed E-state index contributed by atoms with van der Waals surface area (Å²) >= 11 is 0. The monoisotopic (exact) mass is 449 g/mol. The van der Waals surface area contributed by atoms with Crippen molar-refractivity contribution >= 4 is 11.9 Å². The molecule has 1 amide bonds. The normalized spacial score (nSPS) is 16.5. The number of nitrogens with one attached hydrogen (secondary N) is 2. The van der Waals surface area contributed by atoms with Crippen LogP contribution in [0.3, 0.4) is 0 Å². The van der Waals surface area contributed by atoms with Crippen LogP contribution in [-0.2, 0) is 24.3 Å². The van der Waals surface area contributed by atoms with Crippen molar-refractivity contribution in [2.75, 3.05) is 39.8 Å². The Balaban J connectivity index is 1.39. The van der Waals surface area contributed by atoms with E-state index in [0.29, 0.717) is 12.3 Å². The number of carbonyl (C=O) groups is 1. The number of hydrogen-bond donors (Lipinski definition) is 2. The zero-order chi connectivity index (χ0) is 23.5. The van der Waals surface area contributed by atoms with Crippen molar-refractivity contribution in [2.24, 2.45) is 10.9 Å². The van der Waals surface area contributed by atoms with Gasteiger partial charge in [0, 0.05) is 52.1 Å². The number of benzene rings is 2. The van der Waals surface area contributed by atoms with E-state index in [2.05, 4.69) is 70.8 Å². The van der Waals surface area contributed by atoms with Crippen LogP contribution in [0.1, 0.15) is 37.0 Å². The highest BCUT2D eigenvalue weighted by Gasteiger charge is 2.29. The molecule has 1 saturated heterocycles. The molecular formula is C27H39N5O. The summed E-state index contributed by atoms with van der Waals surface area (Å²) in [4.78, 5) is 21.2. The summed E-state index contributed by atoms with van der Waals surface area (Å²) in [6, 6.07) is 19.1. The average molecular weight is 450 g/mol. The molecule has 0 aliphatic carbocycles. The molecule has 33 heavy (non-hydrogen) atoms. The minimum atomic E-state index is 0.255. The molecule has 6 heteroatoms. The van der Waals surface area contributed by atoms with Crippen molar-refractivity contribution in [1.29, 1.82) is 0 Å². The van der Waals surface area contributed by atoms with E-state index in [0.717, 1.165) is 58.2 Å².